The average Bonchev–Trinajstić information content (AvgIpc) is 3.40. The minimum Gasteiger partial charge on any atom is -0.309 e. The van der Waals surface area contributed by atoms with Crippen molar-refractivity contribution in [2.75, 3.05) is 0 Å². The Bertz CT molecular complexity index is 1320. The van der Waals surface area contributed by atoms with Gasteiger partial charge in [-0.3, -0.25) is 9.36 Å². The third-order valence-electron chi connectivity index (χ3n) is 5.42. The second kappa shape index (κ2) is 7.31. The summed E-state index contributed by atoms with van der Waals surface area (Å²) < 4.78 is 16.4. The minimum absolute atomic E-state index is 0.111. The second-order valence-corrected chi connectivity index (χ2v) is 10.1. The zero-order valence-corrected chi connectivity index (χ0v) is 18.4. The molecule has 3 aromatic heterocycles. The van der Waals surface area contributed by atoms with Gasteiger partial charge in [-0.05, 0) is 51.3 Å². The molecule has 154 valence electrons. The van der Waals surface area contributed by atoms with E-state index in [1.54, 1.807) is 18.2 Å². The first-order valence-corrected chi connectivity index (χ1v) is 11.5. The number of hydrogen-bond acceptors (Lipinski definition) is 6. The van der Waals surface area contributed by atoms with Crippen LogP contribution in [0.4, 0.5) is 4.39 Å². The molecule has 1 unspecified atom stereocenters. The number of aryl methyl sites for hydroxylation is 2. The summed E-state index contributed by atoms with van der Waals surface area (Å²) in [5.41, 5.74) is 1.33. The summed E-state index contributed by atoms with van der Waals surface area (Å²) in [7, 11) is 0. The van der Waals surface area contributed by atoms with Crippen LogP contribution in [-0.4, -0.2) is 24.7 Å². The van der Waals surface area contributed by atoms with Crippen LogP contribution in [0.15, 0.2) is 34.2 Å². The van der Waals surface area contributed by atoms with E-state index in [0.717, 1.165) is 28.1 Å². The van der Waals surface area contributed by atoms with Crippen molar-refractivity contribution in [3.05, 3.63) is 56.7 Å². The largest absolute Gasteiger partial charge is 0.309 e. The fourth-order valence-electron chi connectivity index (χ4n) is 3.52. The molecule has 3 heterocycles. The molecular weight excluding hydrogens is 421 g/mol. The number of nitrogens with zero attached hydrogens (tertiary/aromatic N) is 4. The van der Waals surface area contributed by atoms with E-state index in [9.17, 15) is 9.18 Å². The van der Waals surface area contributed by atoms with Crippen LogP contribution in [0.25, 0.3) is 21.6 Å². The predicted molar refractivity (Wildman–Crippen MR) is 118 cm³/mol. The summed E-state index contributed by atoms with van der Waals surface area (Å²) in [6.45, 7) is 5.93. The summed E-state index contributed by atoms with van der Waals surface area (Å²) >= 11 is 3.02. The van der Waals surface area contributed by atoms with Gasteiger partial charge in [0.1, 0.15) is 16.5 Å². The van der Waals surface area contributed by atoms with Crippen molar-refractivity contribution in [2.45, 2.75) is 50.1 Å². The van der Waals surface area contributed by atoms with Gasteiger partial charge in [0, 0.05) is 10.9 Å². The highest BCUT2D eigenvalue weighted by Gasteiger charge is 2.32. The highest BCUT2D eigenvalue weighted by Crippen LogP contribution is 2.44. The normalized spacial score (nSPS) is 15.1. The molecule has 0 aliphatic heterocycles. The van der Waals surface area contributed by atoms with Crippen molar-refractivity contribution < 1.29 is 4.39 Å². The molecule has 6 nitrogen and oxygen atoms in total. The van der Waals surface area contributed by atoms with E-state index in [2.05, 4.69) is 15.2 Å². The van der Waals surface area contributed by atoms with Gasteiger partial charge in [0.15, 0.2) is 11.0 Å². The Morgan fingerprint density at radius 2 is 2.03 bits per heavy atom. The molecule has 30 heavy (non-hydrogen) atoms. The molecule has 5 rings (SSSR count). The Morgan fingerprint density at radius 1 is 1.27 bits per heavy atom. The molecule has 0 spiro atoms. The third-order valence-corrected chi connectivity index (χ3v) is 7.58. The van der Waals surface area contributed by atoms with Crippen molar-refractivity contribution in [2.24, 2.45) is 0 Å². The van der Waals surface area contributed by atoms with E-state index in [1.807, 2.05) is 25.3 Å². The topological polar surface area (TPSA) is 76.5 Å². The Balaban J connectivity index is 1.51. The second-order valence-electron chi connectivity index (χ2n) is 7.56. The zero-order valence-electron chi connectivity index (χ0n) is 16.8. The summed E-state index contributed by atoms with van der Waals surface area (Å²) in [6, 6.07) is 6.91. The van der Waals surface area contributed by atoms with E-state index < -0.39 is 0 Å². The average molecular weight is 442 g/mol. The van der Waals surface area contributed by atoms with Crippen LogP contribution >= 0.6 is 23.1 Å². The van der Waals surface area contributed by atoms with Crippen molar-refractivity contribution in [1.82, 2.24) is 24.7 Å². The molecule has 1 aliphatic rings. The number of fused-ring (bicyclic) bond motifs is 1. The Morgan fingerprint density at radius 3 is 2.77 bits per heavy atom. The van der Waals surface area contributed by atoms with Crippen LogP contribution in [0.3, 0.4) is 0 Å². The standard InChI is InChI=1S/C21H20FN5OS2/c1-10-11(2)29-20-16(10)19(28)23-17(24-20)12(3)30-21-26-25-18(27(21)13-8-9-13)14-6-4-5-7-15(14)22/h4-7,12-13H,8-9H2,1-3H3,(H,23,24,28). The number of H-pyrrole nitrogens is 1. The Labute approximate surface area is 180 Å². The van der Waals surface area contributed by atoms with Crippen molar-refractivity contribution in [3.8, 4) is 11.4 Å². The zero-order chi connectivity index (χ0) is 21.0. The molecule has 4 aromatic rings. The highest BCUT2D eigenvalue weighted by molar-refractivity contribution is 7.99. The molecule has 0 bridgehead atoms. The predicted octanol–water partition coefficient (Wildman–Crippen LogP) is 5.19. The van der Waals surface area contributed by atoms with Gasteiger partial charge in [0.2, 0.25) is 0 Å². The molecule has 0 saturated heterocycles. The molecule has 0 radical (unpaired) electrons. The lowest BCUT2D eigenvalue weighted by atomic mass is 10.2. The fraction of sp³-hybridized carbons (Fsp3) is 0.333. The van der Waals surface area contributed by atoms with Crippen LogP contribution in [0, 0.1) is 19.7 Å². The van der Waals surface area contributed by atoms with E-state index >= 15 is 0 Å². The van der Waals surface area contributed by atoms with Gasteiger partial charge in [-0.25, -0.2) is 9.37 Å². The molecular formula is C21H20FN5OS2. The van der Waals surface area contributed by atoms with Crippen molar-refractivity contribution >= 4 is 33.3 Å². The first-order chi connectivity index (χ1) is 14.4. The maximum absolute atomic E-state index is 14.4. The summed E-state index contributed by atoms with van der Waals surface area (Å²) in [6.07, 6.45) is 2.05. The van der Waals surface area contributed by atoms with Crippen LogP contribution in [0.2, 0.25) is 0 Å². The lowest BCUT2D eigenvalue weighted by molar-refractivity contribution is 0.622. The fourth-order valence-corrected chi connectivity index (χ4v) is 5.54. The molecule has 1 aromatic carbocycles. The number of halogens is 1. The first-order valence-electron chi connectivity index (χ1n) is 9.80. The molecule has 1 atom stereocenters. The number of benzene rings is 1. The van der Waals surface area contributed by atoms with Gasteiger partial charge < -0.3 is 4.98 Å². The smallest absolute Gasteiger partial charge is 0.259 e. The number of thioether (sulfide) groups is 1. The molecule has 1 saturated carbocycles. The third kappa shape index (κ3) is 3.26. The van der Waals surface area contributed by atoms with Gasteiger partial charge in [-0.15, -0.1) is 21.5 Å². The van der Waals surface area contributed by atoms with E-state index in [0.29, 0.717) is 27.8 Å². The molecule has 1 fully saturated rings. The number of thiophene rings is 1. The maximum Gasteiger partial charge on any atom is 0.259 e. The van der Waals surface area contributed by atoms with Gasteiger partial charge >= 0.3 is 0 Å². The summed E-state index contributed by atoms with van der Waals surface area (Å²) in [4.78, 5) is 22.1. The van der Waals surface area contributed by atoms with E-state index in [-0.39, 0.29) is 22.7 Å². The van der Waals surface area contributed by atoms with Gasteiger partial charge in [-0.1, -0.05) is 23.9 Å². The van der Waals surface area contributed by atoms with Gasteiger partial charge in [0.05, 0.1) is 16.2 Å². The highest BCUT2D eigenvalue weighted by atomic mass is 32.2. The van der Waals surface area contributed by atoms with Gasteiger partial charge in [-0.2, -0.15) is 0 Å². The van der Waals surface area contributed by atoms with E-state index in [1.165, 1.54) is 29.2 Å². The van der Waals surface area contributed by atoms with Crippen molar-refractivity contribution in [1.29, 1.82) is 0 Å². The summed E-state index contributed by atoms with van der Waals surface area (Å²) in [5.74, 6) is 0.847. The van der Waals surface area contributed by atoms with Crippen LogP contribution in [-0.2, 0) is 0 Å². The molecule has 0 amide bonds. The molecule has 9 heteroatoms. The van der Waals surface area contributed by atoms with Gasteiger partial charge in [0.25, 0.3) is 5.56 Å². The Hall–Kier alpha value is -2.52. The van der Waals surface area contributed by atoms with E-state index in [4.69, 9.17) is 4.98 Å². The first kappa shape index (κ1) is 19.4. The lowest BCUT2D eigenvalue weighted by Gasteiger charge is -2.13. The number of aromatic nitrogens is 5. The minimum atomic E-state index is -0.309. The molecule has 1 N–H and O–H groups in total. The van der Waals surface area contributed by atoms with Crippen LogP contribution in [0.1, 0.15) is 47.3 Å². The van der Waals surface area contributed by atoms with Crippen LogP contribution < -0.4 is 5.56 Å². The molecule has 1 aliphatic carbocycles. The van der Waals surface area contributed by atoms with Crippen molar-refractivity contribution in [3.63, 3.8) is 0 Å². The van der Waals surface area contributed by atoms with Crippen LogP contribution in [0.5, 0.6) is 0 Å². The summed E-state index contributed by atoms with van der Waals surface area (Å²) in [5, 5.41) is 9.90. The number of aromatic amines is 1. The Kier molecular flexibility index (Phi) is 4.74. The monoisotopic (exact) mass is 441 g/mol. The lowest BCUT2D eigenvalue weighted by Crippen LogP contribution is -2.13. The SMILES string of the molecule is Cc1sc2nc(C(C)Sc3nnc(-c4ccccc4F)n3C3CC3)[nH]c(=O)c2c1C. The number of rotatable bonds is 5. The maximum atomic E-state index is 14.4. The quantitative estimate of drug-likeness (QED) is 0.432. The number of hydrogen-bond donors (Lipinski definition) is 1. The number of nitrogens with one attached hydrogen (secondary N) is 1.